The van der Waals surface area contributed by atoms with Crippen LogP contribution in [-0.2, 0) is 7.05 Å². The van der Waals surface area contributed by atoms with Crippen LogP contribution < -0.4 is 4.80 Å². The molecule has 1 aromatic heterocycles. The lowest BCUT2D eigenvalue weighted by Gasteiger charge is -2.00. The van der Waals surface area contributed by atoms with Gasteiger partial charge in [-0.2, -0.15) is 4.99 Å². The van der Waals surface area contributed by atoms with Gasteiger partial charge in [-0.05, 0) is 24.6 Å². The number of hydrogen-bond acceptors (Lipinski definition) is 2. The summed E-state index contributed by atoms with van der Waals surface area (Å²) in [5.74, 6) is -0.312. The topological polar surface area (TPSA) is 34.4 Å². The Balaban J connectivity index is 2.43. The zero-order chi connectivity index (χ0) is 12.4. The number of aromatic nitrogens is 1. The fraction of sp³-hybridized carbons (Fsp3) is 0.167. The van der Waals surface area contributed by atoms with Crippen LogP contribution in [0.5, 0.6) is 0 Å². The Morgan fingerprint density at radius 3 is 2.82 bits per heavy atom. The van der Waals surface area contributed by atoms with E-state index < -0.39 is 0 Å². The molecule has 2 aromatic rings. The van der Waals surface area contributed by atoms with Gasteiger partial charge in [0.25, 0.3) is 5.91 Å². The van der Waals surface area contributed by atoms with Crippen molar-refractivity contribution in [3.05, 3.63) is 50.7 Å². The van der Waals surface area contributed by atoms with E-state index in [4.69, 9.17) is 11.6 Å². The first-order chi connectivity index (χ1) is 8.08. The van der Waals surface area contributed by atoms with Crippen molar-refractivity contribution in [2.75, 3.05) is 0 Å². The Hall–Kier alpha value is -1.39. The van der Waals surface area contributed by atoms with Crippen molar-refractivity contribution in [2.45, 2.75) is 6.92 Å². The minimum absolute atomic E-state index is 0.312. The number of rotatable bonds is 1. The van der Waals surface area contributed by atoms with Crippen LogP contribution in [0.1, 0.15) is 15.9 Å². The van der Waals surface area contributed by atoms with Crippen LogP contribution in [0.2, 0.25) is 5.02 Å². The molecule has 1 heterocycles. The molecule has 0 aliphatic carbocycles. The van der Waals surface area contributed by atoms with Crippen molar-refractivity contribution in [3.8, 4) is 0 Å². The second-order valence-electron chi connectivity index (χ2n) is 3.70. The SMILES string of the molecule is Cc1ccc(C(=O)N=c2sccn2C)c(Cl)c1. The molecule has 0 saturated carbocycles. The van der Waals surface area contributed by atoms with Crippen molar-refractivity contribution < 1.29 is 4.79 Å². The molecule has 0 saturated heterocycles. The molecule has 0 bridgehead atoms. The van der Waals surface area contributed by atoms with Crippen molar-refractivity contribution in [1.29, 1.82) is 0 Å². The lowest BCUT2D eigenvalue weighted by Crippen LogP contribution is -2.12. The molecule has 0 aliphatic rings. The lowest BCUT2D eigenvalue weighted by atomic mass is 10.1. The van der Waals surface area contributed by atoms with Gasteiger partial charge in [0.15, 0.2) is 4.80 Å². The Kier molecular flexibility index (Phi) is 3.45. The van der Waals surface area contributed by atoms with Gasteiger partial charge in [0, 0.05) is 18.6 Å². The number of aryl methyl sites for hydroxylation is 2. The fourth-order valence-corrected chi connectivity index (χ4v) is 2.42. The van der Waals surface area contributed by atoms with Crippen molar-refractivity contribution in [2.24, 2.45) is 12.0 Å². The summed E-state index contributed by atoms with van der Waals surface area (Å²) in [5.41, 5.74) is 1.46. The molecular weight excluding hydrogens is 256 g/mol. The van der Waals surface area contributed by atoms with E-state index in [1.165, 1.54) is 11.3 Å². The molecule has 2 rings (SSSR count). The van der Waals surface area contributed by atoms with Crippen molar-refractivity contribution in [1.82, 2.24) is 4.57 Å². The highest BCUT2D eigenvalue weighted by molar-refractivity contribution is 7.07. The summed E-state index contributed by atoms with van der Waals surface area (Å²) >= 11 is 7.43. The maximum atomic E-state index is 11.9. The summed E-state index contributed by atoms with van der Waals surface area (Å²) in [6, 6.07) is 5.32. The number of carbonyl (C=O) groups excluding carboxylic acids is 1. The molecule has 0 aliphatic heterocycles. The van der Waals surface area contributed by atoms with E-state index >= 15 is 0 Å². The van der Waals surface area contributed by atoms with Gasteiger partial charge in [0.2, 0.25) is 0 Å². The molecule has 0 N–H and O–H groups in total. The van der Waals surface area contributed by atoms with Gasteiger partial charge < -0.3 is 4.57 Å². The maximum Gasteiger partial charge on any atom is 0.281 e. The smallest absolute Gasteiger partial charge is 0.281 e. The number of carbonyl (C=O) groups is 1. The molecule has 1 aromatic carbocycles. The third kappa shape index (κ3) is 2.65. The van der Waals surface area contributed by atoms with E-state index in [0.29, 0.717) is 15.4 Å². The quantitative estimate of drug-likeness (QED) is 0.782. The molecule has 0 atom stereocenters. The Morgan fingerprint density at radius 1 is 1.47 bits per heavy atom. The summed E-state index contributed by atoms with van der Waals surface area (Å²) in [5, 5.41) is 2.32. The number of benzene rings is 1. The Morgan fingerprint density at radius 2 is 2.24 bits per heavy atom. The van der Waals surface area contributed by atoms with Crippen molar-refractivity contribution in [3.63, 3.8) is 0 Å². The third-order valence-electron chi connectivity index (χ3n) is 2.31. The van der Waals surface area contributed by atoms with Gasteiger partial charge in [0.05, 0.1) is 10.6 Å². The van der Waals surface area contributed by atoms with Gasteiger partial charge in [-0.15, -0.1) is 11.3 Å². The normalized spacial score (nSPS) is 11.8. The van der Waals surface area contributed by atoms with Crippen molar-refractivity contribution >= 4 is 28.8 Å². The second-order valence-corrected chi connectivity index (χ2v) is 4.98. The minimum atomic E-state index is -0.312. The highest BCUT2D eigenvalue weighted by Crippen LogP contribution is 2.18. The van der Waals surface area contributed by atoms with E-state index in [0.717, 1.165) is 5.56 Å². The van der Waals surface area contributed by atoms with Gasteiger partial charge in [-0.3, -0.25) is 4.79 Å². The molecule has 0 unspecified atom stereocenters. The van der Waals surface area contributed by atoms with Crippen LogP contribution >= 0.6 is 22.9 Å². The van der Waals surface area contributed by atoms with E-state index in [-0.39, 0.29) is 5.91 Å². The van der Waals surface area contributed by atoms with Crippen LogP contribution in [0, 0.1) is 6.92 Å². The van der Waals surface area contributed by atoms with Crippen LogP contribution in [0.3, 0.4) is 0 Å². The summed E-state index contributed by atoms with van der Waals surface area (Å²) in [6.45, 7) is 1.93. The average molecular weight is 267 g/mol. The molecular formula is C12H11ClN2OS. The van der Waals surface area contributed by atoms with E-state index in [2.05, 4.69) is 4.99 Å². The average Bonchev–Trinajstić information content (AvgIpc) is 2.64. The third-order valence-corrected chi connectivity index (χ3v) is 3.47. The largest absolute Gasteiger partial charge is 0.327 e. The zero-order valence-corrected chi connectivity index (χ0v) is 11.0. The molecule has 17 heavy (non-hydrogen) atoms. The number of halogens is 1. The monoisotopic (exact) mass is 266 g/mol. The van der Waals surface area contributed by atoms with E-state index in [1.54, 1.807) is 16.7 Å². The molecule has 0 fully saturated rings. The molecule has 0 radical (unpaired) electrons. The van der Waals surface area contributed by atoms with E-state index in [1.807, 2.05) is 31.6 Å². The summed E-state index contributed by atoms with van der Waals surface area (Å²) in [6.07, 6.45) is 1.85. The molecule has 1 amide bonds. The summed E-state index contributed by atoms with van der Waals surface area (Å²) in [4.78, 5) is 16.6. The first-order valence-electron chi connectivity index (χ1n) is 5.03. The van der Waals surface area contributed by atoms with Crippen LogP contribution in [-0.4, -0.2) is 10.5 Å². The van der Waals surface area contributed by atoms with Gasteiger partial charge in [-0.25, -0.2) is 0 Å². The predicted molar refractivity (Wildman–Crippen MR) is 69.4 cm³/mol. The Bertz CT molecular complexity index is 627. The summed E-state index contributed by atoms with van der Waals surface area (Å²) in [7, 11) is 1.85. The highest BCUT2D eigenvalue weighted by atomic mass is 35.5. The van der Waals surface area contributed by atoms with Crippen LogP contribution in [0.4, 0.5) is 0 Å². The van der Waals surface area contributed by atoms with Gasteiger partial charge in [-0.1, -0.05) is 17.7 Å². The maximum absolute atomic E-state index is 11.9. The highest BCUT2D eigenvalue weighted by Gasteiger charge is 2.09. The predicted octanol–water partition coefficient (Wildman–Crippen LogP) is 2.79. The van der Waals surface area contributed by atoms with Gasteiger partial charge in [0.1, 0.15) is 0 Å². The number of nitrogens with zero attached hydrogens (tertiary/aromatic N) is 2. The molecule has 3 nitrogen and oxygen atoms in total. The number of thiazole rings is 1. The first-order valence-corrected chi connectivity index (χ1v) is 6.29. The van der Waals surface area contributed by atoms with Gasteiger partial charge >= 0.3 is 0 Å². The first kappa shape index (κ1) is 12.1. The van der Waals surface area contributed by atoms with Crippen LogP contribution in [0.15, 0.2) is 34.8 Å². The second kappa shape index (κ2) is 4.85. The molecule has 88 valence electrons. The molecule has 0 spiro atoms. The number of hydrogen-bond donors (Lipinski definition) is 0. The summed E-state index contributed by atoms with van der Waals surface area (Å²) < 4.78 is 1.80. The minimum Gasteiger partial charge on any atom is -0.327 e. The van der Waals surface area contributed by atoms with E-state index in [9.17, 15) is 4.79 Å². The standard InChI is InChI=1S/C12H11ClN2OS/c1-8-3-4-9(10(13)7-8)11(16)14-12-15(2)5-6-17-12/h3-7H,1-2H3. The fourth-order valence-electron chi connectivity index (χ4n) is 1.38. The van der Waals surface area contributed by atoms with Crippen LogP contribution in [0.25, 0.3) is 0 Å². The lowest BCUT2D eigenvalue weighted by molar-refractivity contribution is 0.0998. The number of amides is 1. The molecule has 5 heteroatoms. The Labute approximate surface area is 108 Å². The zero-order valence-electron chi connectivity index (χ0n) is 9.48.